The Balaban J connectivity index is 2.26. The molecule has 0 aliphatic rings. The van der Waals surface area contributed by atoms with Crippen molar-refractivity contribution >= 4 is 23.4 Å². The Hall–Kier alpha value is -2.41. The van der Waals surface area contributed by atoms with Gasteiger partial charge in [-0.1, -0.05) is 11.8 Å². The van der Waals surface area contributed by atoms with Crippen LogP contribution in [0.25, 0.3) is 0 Å². The smallest absolute Gasteiger partial charge is 0.338 e. The maximum Gasteiger partial charge on any atom is 0.338 e. The van der Waals surface area contributed by atoms with Crippen LogP contribution >= 0.6 is 11.8 Å². The number of hydrogen-bond donors (Lipinski definition) is 1. The third-order valence-corrected chi connectivity index (χ3v) is 3.29. The van der Waals surface area contributed by atoms with Crippen molar-refractivity contribution in [2.45, 2.75) is 9.92 Å². The molecule has 1 aromatic carbocycles. The summed E-state index contributed by atoms with van der Waals surface area (Å²) in [5.74, 6) is -1.06. The monoisotopic (exact) mass is 276 g/mol. The fourth-order valence-corrected chi connectivity index (χ4v) is 2.26. The number of nitrogens with zero attached hydrogens (tertiary/aromatic N) is 2. The van der Waals surface area contributed by atoms with Crippen LogP contribution in [0, 0.1) is 10.1 Å². The van der Waals surface area contributed by atoms with Gasteiger partial charge in [0.25, 0.3) is 5.69 Å². The Labute approximate surface area is 112 Å². The summed E-state index contributed by atoms with van der Waals surface area (Å²) in [6.45, 7) is 0. The minimum atomic E-state index is -1.06. The van der Waals surface area contributed by atoms with E-state index in [1.165, 1.54) is 24.4 Å². The van der Waals surface area contributed by atoms with E-state index in [4.69, 9.17) is 5.11 Å². The summed E-state index contributed by atoms with van der Waals surface area (Å²) >= 11 is 1.15. The van der Waals surface area contributed by atoms with Crippen LogP contribution in [0.2, 0.25) is 0 Å². The molecule has 0 aliphatic carbocycles. The van der Waals surface area contributed by atoms with Crippen molar-refractivity contribution in [2.24, 2.45) is 0 Å². The van der Waals surface area contributed by atoms with Gasteiger partial charge in [0.15, 0.2) is 0 Å². The van der Waals surface area contributed by atoms with Crippen molar-refractivity contribution in [2.75, 3.05) is 0 Å². The zero-order chi connectivity index (χ0) is 13.8. The van der Waals surface area contributed by atoms with E-state index >= 15 is 0 Å². The summed E-state index contributed by atoms with van der Waals surface area (Å²) in [6.07, 6.45) is 1.50. The Morgan fingerprint density at radius 3 is 2.53 bits per heavy atom. The highest BCUT2D eigenvalue weighted by Crippen LogP contribution is 2.29. The number of non-ortho nitro benzene ring substituents is 1. The van der Waals surface area contributed by atoms with Gasteiger partial charge in [-0.05, 0) is 24.3 Å². The summed E-state index contributed by atoms with van der Waals surface area (Å²) in [4.78, 5) is 25.7. The van der Waals surface area contributed by atoms with Gasteiger partial charge in [0.2, 0.25) is 0 Å². The van der Waals surface area contributed by atoms with Gasteiger partial charge in [0, 0.05) is 23.2 Å². The third-order valence-electron chi connectivity index (χ3n) is 2.26. The van der Waals surface area contributed by atoms with E-state index in [0.717, 1.165) is 11.8 Å². The van der Waals surface area contributed by atoms with Crippen molar-refractivity contribution in [1.29, 1.82) is 0 Å². The second-order valence-electron chi connectivity index (χ2n) is 3.51. The largest absolute Gasteiger partial charge is 0.478 e. The van der Waals surface area contributed by atoms with E-state index in [1.54, 1.807) is 18.2 Å². The van der Waals surface area contributed by atoms with Crippen LogP contribution in [0.3, 0.4) is 0 Å². The van der Waals surface area contributed by atoms with Gasteiger partial charge < -0.3 is 5.11 Å². The first-order valence-electron chi connectivity index (χ1n) is 5.18. The highest BCUT2D eigenvalue weighted by atomic mass is 32.2. The topological polar surface area (TPSA) is 93.3 Å². The van der Waals surface area contributed by atoms with E-state index < -0.39 is 10.9 Å². The summed E-state index contributed by atoms with van der Waals surface area (Å²) in [5.41, 5.74) is 0.0923. The van der Waals surface area contributed by atoms with Crippen LogP contribution in [0.4, 0.5) is 5.69 Å². The van der Waals surface area contributed by atoms with Crippen molar-refractivity contribution in [3.63, 3.8) is 0 Å². The molecule has 0 bridgehead atoms. The maximum absolute atomic E-state index is 11.0. The molecule has 0 radical (unpaired) electrons. The lowest BCUT2D eigenvalue weighted by molar-refractivity contribution is -0.384. The minimum Gasteiger partial charge on any atom is -0.478 e. The van der Waals surface area contributed by atoms with Crippen molar-refractivity contribution in [3.8, 4) is 0 Å². The van der Waals surface area contributed by atoms with Gasteiger partial charge in [-0.2, -0.15) is 0 Å². The SMILES string of the molecule is O=C(O)c1cccnc1Sc1ccc([N+](=O)[O-])cc1. The second-order valence-corrected chi connectivity index (χ2v) is 4.58. The lowest BCUT2D eigenvalue weighted by atomic mass is 10.3. The van der Waals surface area contributed by atoms with Crippen LogP contribution in [0.15, 0.2) is 52.5 Å². The quantitative estimate of drug-likeness (QED) is 0.681. The molecule has 0 atom stereocenters. The number of nitro benzene ring substituents is 1. The molecule has 6 nitrogen and oxygen atoms in total. The molecule has 2 aromatic rings. The summed E-state index contributed by atoms with van der Waals surface area (Å²) in [7, 11) is 0. The maximum atomic E-state index is 11.0. The molecule has 0 spiro atoms. The van der Waals surface area contributed by atoms with E-state index in [1.807, 2.05) is 0 Å². The van der Waals surface area contributed by atoms with E-state index in [0.29, 0.717) is 9.92 Å². The molecule has 0 saturated heterocycles. The average Bonchev–Trinajstić information content (AvgIpc) is 2.39. The molecule has 0 fully saturated rings. The lowest BCUT2D eigenvalue weighted by Gasteiger charge is -2.03. The van der Waals surface area contributed by atoms with Crippen molar-refractivity contribution in [3.05, 3.63) is 58.3 Å². The number of pyridine rings is 1. The number of rotatable bonds is 4. The van der Waals surface area contributed by atoms with Gasteiger partial charge in [-0.25, -0.2) is 9.78 Å². The Bertz CT molecular complexity index is 628. The van der Waals surface area contributed by atoms with Crippen LogP contribution in [-0.4, -0.2) is 21.0 Å². The number of hydrogen-bond acceptors (Lipinski definition) is 5. The molecule has 1 N–H and O–H groups in total. The first-order chi connectivity index (χ1) is 9.08. The molecule has 0 unspecified atom stereocenters. The molecule has 0 aliphatic heterocycles. The van der Waals surface area contributed by atoms with Crippen LogP contribution in [0.1, 0.15) is 10.4 Å². The van der Waals surface area contributed by atoms with E-state index in [9.17, 15) is 14.9 Å². The third kappa shape index (κ3) is 3.08. The molecule has 19 heavy (non-hydrogen) atoms. The lowest BCUT2D eigenvalue weighted by Crippen LogP contribution is -1.99. The first-order valence-corrected chi connectivity index (χ1v) is 6.00. The number of nitro groups is 1. The Kier molecular flexibility index (Phi) is 3.76. The van der Waals surface area contributed by atoms with Crippen molar-refractivity contribution in [1.82, 2.24) is 4.98 Å². The highest BCUT2D eigenvalue weighted by molar-refractivity contribution is 7.99. The average molecular weight is 276 g/mol. The molecule has 1 aromatic heterocycles. The zero-order valence-electron chi connectivity index (χ0n) is 9.52. The van der Waals surface area contributed by atoms with Gasteiger partial charge in [-0.15, -0.1) is 0 Å². The first kappa shape index (κ1) is 13.0. The van der Waals surface area contributed by atoms with Gasteiger partial charge in [0.05, 0.1) is 10.5 Å². The van der Waals surface area contributed by atoms with Crippen LogP contribution in [-0.2, 0) is 0 Å². The van der Waals surface area contributed by atoms with Crippen molar-refractivity contribution < 1.29 is 14.8 Å². The Morgan fingerprint density at radius 2 is 1.95 bits per heavy atom. The van der Waals surface area contributed by atoms with Gasteiger partial charge in [-0.3, -0.25) is 10.1 Å². The normalized spacial score (nSPS) is 10.1. The number of benzene rings is 1. The van der Waals surface area contributed by atoms with E-state index in [-0.39, 0.29) is 11.3 Å². The standard InChI is InChI=1S/C12H8N2O4S/c15-12(16)10-2-1-7-13-11(10)19-9-5-3-8(4-6-9)14(17)18/h1-7H,(H,15,16). The molecule has 0 saturated carbocycles. The summed E-state index contributed by atoms with van der Waals surface area (Å²) < 4.78 is 0. The number of carbonyl (C=O) groups is 1. The van der Waals surface area contributed by atoms with Crippen LogP contribution < -0.4 is 0 Å². The van der Waals surface area contributed by atoms with Gasteiger partial charge >= 0.3 is 5.97 Å². The number of aromatic carboxylic acids is 1. The zero-order valence-corrected chi connectivity index (χ0v) is 10.3. The molecule has 1 heterocycles. The number of carboxylic acids is 1. The Morgan fingerprint density at radius 1 is 1.26 bits per heavy atom. The van der Waals surface area contributed by atoms with E-state index in [2.05, 4.69) is 4.98 Å². The number of aromatic nitrogens is 1. The number of carboxylic acid groups (broad SMARTS) is 1. The molecule has 96 valence electrons. The molecule has 2 rings (SSSR count). The molecular formula is C12H8N2O4S. The summed E-state index contributed by atoms with van der Waals surface area (Å²) in [6, 6.07) is 8.86. The summed E-state index contributed by atoms with van der Waals surface area (Å²) in [5, 5.41) is 19.9. The molecule has 7 heteroatoms. The van der Waals surface area contributed by atoms with Crippen LogP contribution in [0.5, 0.6) is 0 Å². The minimum absolute atomic E-state index is 0.0103. The second kappa shape index (κ2) is 5.49. The highest BCUT2D eigenvalue weighted by Gasteiger charge is 2.12. The fourth-order valence-electron chi connectivity index (χ4n) is 1.38. The predicted molar refractivity (Wildman–Crippen MR) is 68.4 cm³/mol. The predicted octanol–water partition coefficient (Wildman–Crippen LogP) is 2.84. The molecular weight excluding hydrogens is 268 g/mol. The molecule has 0 amide bonds. The fraction of sp³-hybridized carbons (Fsp3) is 0. The van der Waals surface area contributed by atoms with Gasteiger partial charge in [0.1, 0.15) is 5.03 Å².